The molecule has 0 unspecified atom stereocenters. The molecule has 0 bridgehead atoms. The zero-order chi connectivity index (χ0) is 20.3. The van der Waals surface area contributed by atoms with Crippen LogP contribution in [-0.2, 0) is 9.53 Å². The summed E-state index contributed by atoms with van der Waals surface area (Å²) in [6.45, 7) is 2.84. The Morgan fingerprint density at radius 1 is 0.828 bits per heavy atom. The molecule has 3 aromatic rings. The molecule has 0 N–H and O–H groups in total. The standard InChI is InChI=1S/C25H27NO3/c1-2-28-24(27)16-10-5-11-19-29-23-18-17-22(20-12-6-3-7-13-20)25(26-23)21-14-8-4-9-15-21/h3-4,6-9,12-15,17-18H,2,5,10-11,16,19H2,1H3. The zero-order valence-electron chi connectivity index (χ0n) is 16.8. The quantitative estimate of drug-likeness (QED) is 0.319. The van der Waals surface area contributed by atoms with Crippen LogP contribution in [0.3, 0.4) is 0 Å². The molecular formula is C25H27NO3. The van der Waals surface area contributed by atoms with Crippen LogP contribution in [0.5, 0.6) is 5.88 Å². The van der Waals surface area contributed by atoms with Crippen molar-refractivity contribution in [2.75, 3.05) is 13.2 Å². The Labute approximate surface area is 172 Å². The maximum atomic E-state index is 11.4. The average molecular weight is 389 g/mol. The van der Waals surface area contributed by atoms with Crippen LogP contribution in [-0.4, -0.2) is 24.2 Å². The fraction of sp³-hybridized carbons (Fsp3) is 0.280. The lowest BCUT2D eigenvalue weighted by Crippen LogP contribution is -2.04. The highest BCUT2D eigenvalue weighted by molar-refractivity contribution is 5.81. The Bertz CT molecular complexity index is 894. The number of unbranched alkanes of at least 4 members (excludes halogenated alkanes) is 2. The molecule has 29 heavy (non-hydrogen) atoms. The van der Waals surface area contributed by atoms with E-state index < -0.39 is 0 Å². The van der Waals surface area contributed by atoms with Crippen LogP contribution in [0.15, 0.2) is 72.8 Å². The second-order valence-corrected chi connectivity index (χ2v) is 6.74. The Morgan fingerprint density at radius 3 is 2.21 bits per heavy atom. The van der Waals surface area contributed by atoms with E-state index in [2.05, 4.69) is 30.3 Å². The van der Waals surface area contributed by atoms with Gasteiger partial charge in [0.2, 0.25) is 5.88 Å². The highest BCUT2D eigenvalue weighted by Crippen LogP contribution is 2.32. The molecule has 0 fully saturated rings. The highest BCUT2D eigenvalue weighted by atomic mass is 16.5. The van der Waals surface area contributed by atoms with Gasteiger partial charge in [0.25, 0.3) is 0 Å². The molecule has 0 aliphatic rings. The SMILES string of the molecule is CCOC(=O)CCCCCOc1ccc(-c2ccccc2)c(-c2ccccc2)n1. The van der Waals surface area contributed by atoms with Gasteiger partial charge >= 0.3 is 5.97 Å². The minimum absolute atomic E-state index is 0.126. The van der Waals surface area contributed by atoms with Crippen LogP contribution in [0.25, 0.3) is 22.4 Å². The summed E-state index contributed by atoms with van der Waals surface area (Å²) in [6.07, 6.45) is 3.09. The molecule has 4 nitrogen and oxygen atoms in total. The van der Waals surface area contributed by atoms with Gasteiger partial charge in [-0.3, -0.25) is 4.79 Å². The number of carbonyl (C=O) groups is 1. The molecule has 2 aromatic carbocycles. The van der Waals surface area contributed by atoms with Gasteiger partial charge in [-0.2, -0.15) is 0 Å². The number of esters is 1. The summed E-state index contributed by atoms with van der Waals surface area (Å²) in [5.41, 5.74) is 4.19. The summed E-state index contributed by atoms with van der Waals surface area (Å²) in [6, 6.07) is 24.4. The van der Waals surface area contributed by atoms with Gasteiger partial charge in [0, 0.05) is 23.6 Å². The van der Waals surface area contributed by atoms with Crippen LogP contribution >= 0.6 is 0 Å². The first kappa shape index (κ1) is 20.6. The van der Waals surface area contributed by atoms with Gasteiger partial charge in [-0.25, -0.2) is 4.98 Å². The van der Waals surface area contributed by atoms with E-state index in [0.29, 0.717) is 25.5 Å². The van der Waals surface area contributed by atoms with E-state index in [0.717, 1.165) is 41.6 Å². The summed E-state index contributed by atoms with van der Waals surface area (Å²) in [5, 5.41) is 0. The van der Waals surface area contributed by atoms with Crippen LogP contribution in [0.1, 0.15) is 32.6 Å². The van der Waals surface area contributed by atoms with E-state index in [9.17, 15) is 4.79 Å². The van der Waals surface area contributed by atoms with E-state index >= 15 is 0 Å². The van der Waals surface area contributed by atoms with E-state index in [4.69, 9.17) is 14.5 Å². The normalized spacial score (nSPS) is 10.5. The Kier molecular flexibility index (Phi) is 7.81. The van der Waals surface area contributed by atoms with Crippen molar-refractivity contribution in [1.82, 2.24) is 4.98 Å². The molecule has 0 saturated heterocycles. The van der Waals surface area contributed by atoms with Crippen molar-refractivity contribution in [2.45, 2.75) is 32.6 Å². The van der Waals surface area contributed by atoms with Crippen molar-refractivity contribution in [1.29, 1.82) is 0 Å². The number of hydrogen-bond donors (Lipinski definition) is 0. The van der Waals surface area contributed by atoms with Gasteiger partial charge in [-0.1, -0.05) is 60.7 Å². The molecule has 4 heteroatoms. The minimum Gasteiger partial charge on any atom is -0.478 e. The Hall–Kier alpha value is -3.14. The Balaban J connectivity index is 1.64. The number of benzene rings is 2. The molecule has 0 amide bonds. The first-order valence-corrected chi connectivity index (χ1v) is 10.2. The van der Waals surface area contributed by atoms with Crippen molar-refractivity contribution in [2.24, 2.45) is 0 Å². The summed E-state index contributed by atoms with van der Waals surface area (Å²) in [4.78, 5) is 16.1. The number of nitrogens with zero attached hydrogens (tertiary/aromatic N) is 1. The van der Waals surface area contributed by atoms with Crippen LogP contribution < -0.4 is 4.74 Å². The monoisotopic (exact) mass is 389 g/mol. The molecule has 0 aliphatic carbocycles. The van der Waals surface area contributed by atoms with Gasteiger partial charge in [0.1, 0.15) is 0 Å². The smallest absolute Gasteiger partial charge is 0.305 e. The predicted octanol–water partition coefficient (Wildman–Crippen LogP) is 5.92. The van der Waals surface area contributed by atoms with E-state index in [1.807, 2.05) is 49.4 Å². The zero-order valence-corrected chi connectivity index (χ0v) is 16.8. The van der Waals surface area contributed by atoms with Crippen LogP contribution in [0.4, 0.5) is 0 Å². The molecule has 0 saturated carbocycles. The van der Waals surface area contributed by atoms with Gasteiger partial charge in [-0.15, -0.1) is 0 Å². The van der Waals surface area contributed by atoms with Crippen molar-refractivity contribution in [3.63, 3.8) is 0 Å². The third kappa shape index (κ3) is 6.18. The maximum absolute atomic E-state index is 11.4. The molecule has 0 aliphatic heterocycles. The van der Waals surface area contributed by atoms with Gasteiger partial charge in [0.15, 0.2) is 0 Å². The van der Waals surface area contributed by atoms with Crippen LogP contribution in [0, 0.1) is 0 Å². The van der Waals surface area contributed by atoms with Crippen molar-refractivity contribution >= 4 is 5.97 Å². The molecular weight excluding hydrogens is 362 g/mol. The van der Waals surface area contributed by atoms with E-state index in [1.54, 1.807) is 0 Å². The summed E-state index contributed by atoms with van der Waals surface area (Å²) in [7, 11) is 0. The molecule has 0 atom stereocenters. The fourth-order valence-corrected chi connectivity index (χ4v) is 3.15. The van der Waals surface area contributed by atoms with Gasteiger partial charge < -0.3 is 9.47 Å². The van der Waals surface area contributed by atoms with Crippen molar-refractivity contribution < 1.29 is 14.3 Å². The first-order valence-electron chi connectivity index (χ1n) is 10.2. The lowest BCUT2D eigenvalue weighted by molar-refractivity contribution is -0.143. The first-order chi connectivity index (χ1) is 14.3. The molecule has 0 radical (unpaired) electrons. The van der Waals surface area contributed by atoms with Crippen molar-refractivity contribution in [3.05, 3.63) is 72.8 Å². The fourth-order valence-electron chi connectivity index (χ4n) is 3.15. The second-order valence-electron chi connectivity index (χ2n) is 6.74. The Morgan fingerprint density at radius 2 is 1.52 bits per heavy atom. The van der Waals surface area contributed by atoms with E-state index in [1.165, 1.54) is 0 Å². The lowest BCUT2D eigenvalue weighted by atomic mass is 9.99. The molecule has 3 rings (SSSR count). The van der Waals surface area contributed by atoms with Crippen molar-refractivity contribution in [3.8, 4) is 28.3 Å². The average Bonchev–Trinajstić information content (AvgIpc) is 2.77. The number of pyridine rings is 1. The lowest BCUT2D eigenvalue weighted by Gasteiger charge is -2.12. The highest BCUT2D eigenvalue weighted by Gasteiger charge is 2.11. The third-order valence-corrected chi connectivity index (χ3v) is 4.58. The number of carbonyl (C=O) groups excluding carboxylic acids is 1. The third-order valence-electron chi connectivity index (χ3n) is 4.58. The molecule has 0 spiro atoms. The second kappa shape index (κ2) is 11.0. The number of rotatable bonds is 10. The van der Waals surface area contributed by atoms with Gasteiger partial charge in [0.05, 0.1) is 18.9 Å². The summed E-state index contributed by atoms with van der Waals surface area (Å²) >= 11 is 0. The molecule has 1 heterocycles. The largest absolute Gasteiger partial charge is 0.478 e. The molecule has 150 valence electrons. The summed E-state index contributed by atoms with van der Waals surface area (Å²) < 4.78 is 10.8. The van der Waals surface area contributed by atoms with Crippen LogP contribution in [0.2, 0.25) is 0 Å². The molecule has 1 aromatic heterocycles. The number of ether oxygens (including phenoxy) is 2. The number of aromatic nitrogens is 1. The van der Waals surface area contributed by atoms with E-state index in [-0.39, 0.29) is 5.97 Å². The maximum Gasteiger partial charge on any atom is 0.305 e. The topological polar surface area (TPSA) is 48.4 Å². The van der Waals surface area contributed by atoms with Gasteiger partial charge in [-0.05, 0) is 37.8 Å². The minimum atomic E-state index is -0.126. The number of hydrogen-bond acceptors (Lipinski definition) is 4. The summed E-state index contributed by atoms with van der Waals surface area (Å²) in [5.74, 6) is 0.494. The predicted molar refractivity (Wildman–Crippen MR) is 116 cm³/mol.